The van der Waals surface area contributed by atoms with E-state index in [2.05, 4.69) is 6.92 Å². The van der Waals surface area contributed by atoms with Crippen molar-refractivity contribution >= 4 is 17.5 Å². The van der Waals surface area contributed by atoms with Crippen molar-refractivity contribution < 1.29 is 4.79 Å². The minimum atomic E-state index is 0.218. The van der Waals surface area contributed by atoms with Crippen LogP contribution in [-0.2, 0) is 4.79 Å². The fraction of sp³-hybridized carbons (Fsp3) is 0.500. The van der Waals surface area contributed by atoms with Crippen LogP contribution in [0, 0.1) is 0 Å². The Hall–Kier alpha value is -1.57. The van der Waals surface area contributed by atoms with Gasteiger partial charge < -0.3 is 5.73 Å². The number of allylic oxidation sites excluding steroid dienone is 1. The molecule has 110 valence electrons. The van der Waals surface area contributed by atoms with Gasteiger partial charge in [-0.3, -0.25) is 4.79 Å². The third kappa shape index (κ3) is 7.78. The number of nitrogen functional groups attached to an aromatic ring is 1. The molecule has 1 aromatic rings. The van der Waals surface area contributed by atoms with Gasteiger partial charge in [0, 0.05) is 12.1 Å². The molecule has 0 aliphatic carbocycles. The molecule has 0 fully saturated rings. The van der Waals surface area contributed by atoms with Gasteiger partial charge in [0.2, 0.25) is 0 Å². The number of nitrogens with two attached hydrogens (primary N) is 1. The van der Waals surface area contributed by atoms with Crippen LogP contribution in [0.5, 0.6) is 0 Å². The van der Waals surface area contributed by atoms with Crippen LogP contribution in [0.1, 0.15) is 63.9 Å². The van der Waals surface area contributed by atoms with Crippen LogP contribution in [0.2, 0.25) is 0 Å². The fourth-order valence-electron chi connectivity index (χ4n) is 2.14. The largest absolute Gasteiger partial charge is 0.399 e. The van der Waals surface area contributed by atoms with Crippen molar-refractivity contribution in [3.63, 3.8) is 0 Å². The van der Waals surface area contributed by atoms with Gasteiger partial charge in [-0.05, 0) is 30.2 Å². The lowest BCUT2D eigenvalue weighted by atomic mass is 10.1. The van der Waals surface area contributed by atoms with Crippen molar-refractivity contribution in [1.82, 2.24) is 0 Å². The fourth-order valence-corrected chi connectivity index (χ4v) is 2.14. The van der Waals surface area contributed by atoms with Crippen LogP contribution in [0.15, 0.2) is 30.3 Å². The van der Waals surface area contributed by atoms with E-state index in [4.69, 9.17) is 5.73 Å². The van der Waals surface area contributed by atoms with Crippen molar-refractivity contribution in [2.24, 2.45) is 0 Å². The quantitative estimate of drug-likeness (QED) is 0.370. The highest BCUT2D eigenvalue weighted by molar-refractivity contribution is 5.93. The Labute approximate surface area is 123 Å². The lowest BCUT2D eigenvalue weighted by Gasteiger charge is -1.99. The summed E-state index contributed by atoms with van der Waals surface area (Å²) in [5.41, 5.74) is 7.38. The Morgan fingerprint density at radius 3 is 2.25 bits per heavy atom. The van der Waals surface area contributed by atoms with Crippen molar-refractivity contribution in [2.75, 3.05) is 5.73 Å². The molecule has 0 spiro atoms. The van der Waals surface area contributed by atoms with E-state index in [1.807, 2.05) is 30.3 Å². The maximum atomic E-state index is 11.7. The van der Waals surface area contributed by atoms with Crippen molar-refractivity contribution in [2.45, 2.75) is 58.3 Å². The normalized spacial score (nSPS) is 11.1. The average molecular weight is 273 g/mol. The van der Waals surface area contributed by atoms with Crippen molar-refractivity contribution in [1.29, 1.82) is 0 Å². The Morgan fingerprint density at radius 2 is 1.60 bits per heavy atom. The van der Waals surface area contributed by atoms with Crippen LogP contribution >= 0.6 is 0 Å². The van der Waals surface area contributed by atoms with E-state index in [9.17, 15) is 4.79 Å². The van der Waals surface area contributed by atoms with Crippen molar-refractivity contribution in [3.8, 4) is 0 Å². The number of unbranched alkanes of at least 4 members (excludes halogenated alkanes) is 6. The van der Waals surface area contributed by atoms with Gasteiger partial charge in [0.05, 0.1) is 0 Å². The number of carbonyl (C=O) groups excluding carboxylic acids is 1. The number of hydrogen-bond acceptors (Lipinski definition) is 2. The molecule has 2 N–H and O–H groups in total. The summed E-state index contributed by atoms with van der Waals surface area (Å²) in [6.45, 7) is 2.23. The lowest BCUT2D eigenvalue weighted by Crippen LogP contribution is -1.92. The zero-order valence-electron chi connectivity index (χ0n) is 12.6. The highest BCUT2D eigenvalue weighted by Gasteiger charge is 1.97. The van der Waals surface area contributed by atoms with E-state index in [1.54, 1.807) is 6.08 Å². The molecule has 2 heteroatoms. The van der Waals surface area contributed by atoms with Crippen LogP contribution in [0.3, 0.4) is 0 Å². The summed E-state index contributed by atoms with van der Waals surface area (Å²) in [5, 5.41) is 0. The number of benzene rings is 1. The second-order valence-electron chi connectivity index (χ2n) is 5.34. The minimum Gasteiger partial charge on any atom is -0.399 e. The zero-order chi connectivity index (χ0) is 14.6. The van der Waals surface area contributed by atoms with Gasteiger partial charge in [0.1, 0.15) is 0 Å². The Kier molecular flexibility index (Phi) is 8.44. The lowest BCUT2D eigenvalue weighted by molar-refractivity contribution is -0.114. The summed E-state index contributed by atoms with van der Waals surface area (Å²) >= 11 is 0. The monoisotopic (exact) mass is 273 g/mol. The predicted octanol–water partition coefficient (Wildman–Crippen LogP) is 4.99. The smallest absolute Gasteiger partial charge is 0.155 e. The molecule has 0 saturated heterocycles. The topological polar surface area (TPSA) is 43.1 Å². The molecule has 0 bridgehead atoms. The first-order chi connectivity index (χ1) is 9.72. The molecular formula is C18H27NO. The molecule has 0 heterocycles. The van der Waals surface area contributed by atoms with Gasteiger partial charge in [-0.25, -0.2) is 0 Å². The minimum absolute atomic E-state index is 0.218. The van der Waals surface area contributed by atoms with Gasteiger partial charge in [-0.15, -0.1) is 0 Å². The summed E-state index contributed by atoms with van der Waals surface area (Å²) < 4.78 is 0. The summed E-state index contributed by atoms with van der Waals surface area (Å²) in [7, 11) is 0. The van der Waals surface area contributed by atoms with Crippen LogP contribution in [0.4, 0.5) is 5.69 Å². The number of rotatable bonds is 10. The van der Waals surface area contributed by atoms with Gasteiger partial charge in [-0.1, -0.05) is 63.7 Å². The van der Waals surface area contributed by atoms with Crippen molar-refractivity contribution in [3.05, 3.63) is 35.9 Å². The van der Waals surface area contributed by atoms with Crippen LogP contribution in [0.25, 0.3) is 6.08 Å². The molecule has 0 aliphatic rings. The highest BCUT2D eigenvalue weighted by atomic mass is 16.1. The van der Waals surface area contributed by atoms with E-state index >= 15 is 0 Å². The number of hydrogen-bond donors (Lipinski definition) is 1. The van der Waals surface area contributed by atoms with E-state index < -0.39 is 0 Å². The first-order valence-corrected chi connectivity index (χ1v) is 7.79. The standard InChI is InChI=1S/C18H27NO/c1-2-3-4-5-6-7-8-9-18(20)15-12-16-10-13-17(19)14-11-16/h10-15H,2-9,19H2,1H3/b15-12+. The van der Waals surface area contributed by atoms with Crippen LogP contribution in [-0.4, -0.2) is 5.78 Å². The van der Waals surface area contributed by atoms with Gasteiger partial charge in [0.15, 0.2) is 5.78 Å². The predicted molar refractivity (Wildman–Crippen MR) is 87.5 cm³/mol. The summed E-state index contributed by atoms with van der Waals surface area (Å²) in [5.74, 6) is 0.218. The van der Waals surface area contributed by atoms with E-state index in [0.29, 0.717) is 6.42 Å². The molecule has 0 radical (unpaired) electrons. The first-order valence-electron chi connectivity index (χ1n) is 7.79. The number of carbonyl (C=O) groups is 1. The molecule has 0 atom stereocenters. The van der Waals surface area contributed by atoms with Gasteiger partial charge in [0.25, 0.3) is 0 Å². The molecule has 1 rings (SSSR count). The summed E-state index contributed by atoms with van der Waals surface area (Å²) in [4.78, 5) is 11.7. The SMILES string of the molecule is CCCCCCCCCC(=O)/C=C/c1ccc(N)cc1. The third-order valence-corrected chi connectivity index (χ3v) is 3.42. The molecular weight excluding hydrogens is 246 g/mol. The zero-order valence-corrected chi connectivity index (χ0v) is 12.6. The molecule has 0 amide bonds. The molecule has 0 unspecified atom stereocenters. The highest BCUT2D eigenvalue weighted by Crippen LogP contribution is 2.10. The number of anilines is 1. The second-order valence-corrected chi connectivity index (χ2v) is 5.34. The summed E-state index contributed by atoms with van der Waals surface area (Å²) in [6, 6.07) is 7.54. The molecule has 0 aliphatic heterocycles. The maximum absolute atomic E-state index is 11.7. The molecule has 0 aromatic heterocycles. The molecule has 20 heavy (non-hydrogen) atoms. The Balaban J connectivity index is 2.12. The number of ketones is 1. The molecule has 2 nitrogen and oxygen atoms in total. The van der Waals surface area contributed by atoms with E-state index in [0.717, 1.165) is 17.7 Å². The maximum Gasteiger partial charge on any atom is 0.155 e. The first kappa shape index (κ1) is 16.5. The third-order valence-electron chi connectivity index (χ3n) is 3.42. The van der Waals surface area contributed by atoms with E-state index in [-0.39, 0.29) is 5.78 Å². The van der Waals surface area contributed by atoms with E-state index in [1.165, 1.54) is 38.5 Å². The Bertz CT molecular complexity index is 406. The average Bonchev–Trinajstić information content (AvgIpc) is 2.46. The molecule has 0 saturated carbocycles. The van der Waals surface area contributed by atoms with Crippen LogP contribution < -0.4 is 5.73 Å². The van der Waals surface area contributed by atoms with Gasteiger partial charge >= 0.3 is 0 Å². The molecule has 1 aromatic carbocycles. The summed E-state index contributed by atoms with van der Waals surface area (Å²) in [6.07, 6.45) is 12.9. The second kappa shape index (κ2) is 10.2. The van der Waals surface area contributed by atoms with Gasteiger partial charge in [-0.2, -0.15) is 0 Å². The Morgan fingerprint density at radius 1 is 1.00 bits per heavy atom.